The third kappa shape index (κ3) is 3.18. The molecule has 0 aliphatic carbocycles. The third-order valence-electron chi connectivity index (χ3n) is 3.04. The van der Waals surface area contributed by atoms with E-state index in [1.807, 2.05) is 36.0 Å². The summed E-state index contributed by atoms with van der Waals surface area (Å²) in [5.41, 5.74) is 2.43. The van der Waals surface area contributed by atoms with Crippen molar-refractivity contribution in [1.82, 2.24) is 4.98 Å². The minimum Gasteiger partial charge on any atom is -0.381 e. The molecule has 0 spiro atoms. The van der Waals surface area contributed by atoms with E-state index in [2.05, 4.69) is 29.5 Å². The van der Waals surface area contributed by atoms with Gasteiger partial charge in [0.1, 0.15) is 6.07 Å². The Morgan fingerprint density at radius 3 is 2.95 bits per heavy atom. The van der Waals surface area contributed by atoms with Gasteiger partial charge in [-0.25, -0.2) is 0 Å². The average molecular weight is 271 g/mol. The van der Waals surface area contributed by atoms with Crippen LogP contribution in [-0.4, -0.2) is 23.0 Å². The van der Waals surface area contributed by atoms with Crippen LogP contribution in [0.25, 0.3) is 10.9 Å². The first-order valence-electron chi connectivity index (χ1n) is 6.29. The van der Waals surface area contributed by atoms with Gasteiger partial charge in [-0.05, 0) is 31.4 Å². The van der Waals surface area contributed by atoms with Crippen molar-refractivity contribution in [2.75, 3.05) is 17.3 Å². The van der Waals surface area contributed by atoms with Crippen molar-refractivity contribution in [3.8, 4) is 6.07 Å². The van der Waals surface area contributed by atoms with Crippen molar-refractivity contribution < 1.29 is 0 Å². The zero-order valence-electron chi connectivity index (χ0n) is 11.2. The predicted octanol–water partition coefficient (Wildman–Crippen LogP) is 3.66. The van der Waals surface area contributed by atoms with Crippen LogP contribution in [0.15, 0.2) is 30.5 Å². The van der Waals surface area contributed by atoms with Crippen molar-refractivity contribution in [2.45, 2.75) is 19.4 Å². The van der Waals surface area contributed by atoms with Crippen molar-refractivity contribution in [2.24, 2.45) is 0 Å². The number of benzene rings is 1. The number of aromatic nitrogens is 1. The van der Waals surface area contributed by atoms with E-state index in [0.717, 1.165) is 28.8 Å². The van der Waals surface area contributed by atoms with Gasteiger partial charge in [0, 0.05) is 17.6 Å². The maximum absolute atomic E-state index is 9.23. The van der Waals surface area contributed by atoms with E-state index in [0.29, 0.717) is 11.6 Å². The minimum atomic E-state index is 0.338. The van der Waals surface area contributed by atoms with Gasteiger partial charge < -0.3 is 5.32 Å². The molecule has 0 saturated carbocycles. The van der Waals surface area contributed by atoms with E-state index < -0.39 is 0 Å². The number of hydrogen-bond acceptors (Lipinski definition) is 4. The van der Waals surface area contributed by atoms with Gasteiger partial charge in [-0.1, -0.05) is 18.2 Å². The Hall–Kier alpha value is -1.73. The van der Waals surface area contributed by atoms with E-state index in [4.69, 9.17) is 0 Å². The second-order valence-electron chi connectivity index (χ2n) is 4.50. The normalized spacial score (nSPS) is 12.1. The lowest BCUT2D eigenvalue weighted by atomic mass is 10.1. The Bertz CT molecular complexity index is 604. The first kappa shape index (κ1) is 13.7. The van der Waals surface area contributed by atoms with Crippen molar-refractivity contribution in [3.63, 3.8) is 0 Å². The van der Waals surface area contributed by atoms with Crippen LogP contribution in [0, 0.1) is 11.3 Å². The van der Waals surface area contributed by atoms with Crippen LogP contribution in [0.1, 0.15) is 18.9 Å². The summed E-state index contributed by atoms with van der Waals surface area (Å²) < 4.78 is 0. The lowest BCUT2D eigenvalue weighted by Crippen LogP contribution is -2.17. The smallest absolute Gasteiger partial charge is 0.103 e. The van der Waals surface area contributed by atoms with Crippen molar-refractivity contribution in [3.05, 3.63) is 36.0 Å². The van der Waals surface area contributed by atoms with Crippen LogP contribution in [0.5, 0.6) is 0 Å². The third-order valence-corrected chi connectivity index (χ3v) is 3.69. The van der Waals surface area contributed by atoms with Gasteiger partial charge in [-0.2, -0.15) is 17.0 Å². The molecule has 0 aliphatic heterocycles. The van der Waals surface area contributed by atoms with Crippen LogP contribution in [0.4, 0.5) is 5.69 Å². The molecule has 3 nitrogen and oxygen atoms in total. The van der Waals surface area contributed by atoms with Gasteiger partial charge in [-0.15, -0.1) is 0 Å². The number of hydrogen-bond donors (Lipinski definition) is 1. The summed E-state index contributed by atoms with van der Waals surface area (Å²) in [6.07, 6.45) is 4.82. The summed E-state index contributed by atoms with van der Waals surface area (Å²) in [5, 5.41) is 13.7. The van der Waals surface area contributed by atoms with Gasteiger partial charge in [0.05, 0.1) is 16.8 Å². The van der Waals surface area contributed by atoms with E-state index >= 15 is 0 Å². The molecule has 1 heterocycles. The number of nitriles is 1. The Morgan fingerprint density at radius 2 is 2.21 bits per heavy atom. The summed E-state index contributed by atoms with van der Waals surface area (Å²) in [4.78, 5) is 4.32. The fourth-order valence-corrected chi connectivity index (χ4v) is 2.58. The zero-order chi connectivity index (χ0) is 13.7. The summed E-state index contributed by atoms with van der Waals surface area (Å²) in [6.45, 7) is 2.15. The molecular formula is C15H17N3S. The van der Waals surface area contributed by atoms with E-state index in [1.54, 1.807) is 6.20 Å². The highest BCUT2D eigenvalue weighted by atomic mass is 32.2. The molecular weight excluding hydrogens is 254 g/mol. The molecule has 19 heavy (non-hydrogen) atoms. The molecule has 0 radical (unpaired) electrons. The zero-order valence-corrected chi connectivity index (χ0v) is 12.0. The van der Waals surface area contributed by atoms with Crippen LogP contribution >= 0.6 is 11.8 Å². The molecule has 0 saturated heterocycles. The van der Waals surface area contributed by atoms with Crippen molar-refractivity contribution >= 4 is 28.4 Å². The molecule has 2 rings (SSSR count). The average Bonchev–Trinajstić information content (AvgIpc) is 2.45. The fraction of sp³-hybridized carbons (Fsp3) is 0.333. The topological polar surface area (TPSA) is 48.7 Å². The van der Waals surface area contributed by atoms with Crippen LogP contribution < -0.4 is 5.32 Å². The lowest BCUT2D eigenvalue weighted by Gasteiger charge is -2.17. The molecule has 0 amide bonds. The highest BCUT2D eigenvalue weighted by Crippen LogP contribution is 2.26. The Balaban J connectivity index is 2.37. The van der Waals surface area contributed by atoms with E-state index in [9.17, 15) is 5.26 Å². The maximum Gasteiger partial charge on any atom is 0.103 e. The van der Waals surface area contributed by atoms with Crippen LogP contribution in [-0.2, 0) is 0 Å². The van der Waals surface area contributed by atoms with Crippen molar-refractivity contribution in [1.29, 1.82) is 5.26 Å². The number of para-hydroxylation sites is 1. The largest absolute Gasteiger partial charge is 0.381 e. The van der Waals surface area contributed by atoms with Gasteiger partial charge in [-0.3, -0.25) is 4.98 Å². The summed E-state index contributed by atoms with van der Waals surface area (Å²) >= 11 is 1.84. The van der Waals surface area contributed by atoms with E-state index in [-0.39, 0.29) is 0 Å². The molecule has 1 aromatic carbocycles. The quantitative estimate of drug-likeness (QED) is 0.901. The molecule has 0 aliphatic rings. The molecule has 1 atom stereocenters. The summed E-state index contributed by atoms with van der Waals surface area (Å²) in [6, 6.07) is 10.5. The van der Waals surface area contributed by atoms with Crippen LogP contribution in [0.2, 0.25) is 0 Å². The Kier molecular flexibility index (Phi) is 4.64. The van der Waals surface area contributed by atoms with E-state index in [1.165, 1.54) is 0 Å². The minimum absolute atomic E-state index is 0.338. The highest BCUT2D eigenvalue weighted by molar-refractivity contribution is 7.98. The Morgan fingerprint density at radius 1 is 1.42 bits per heavy atom. The second kappa shape index (κ2) is 6.44. The maximum atomic E-state index is 9.23. The SMILES string of the molecule is CSCCC(C)Nc1c(C#N)cnc2ccccc12. The number of nitrogens with one attached hydrogen (secondary N) is 1. The molecule has 2 aromatic rings. The summed E-state index contributed by atoms with van der Waals surface area (Å²) in [7, 11) is 0. The van der Waals surface area contributed by atoms with Crippen LogP contribution in [0.3, 0.4) is 0 Å². The summed E-state index contributed by atoms with van der Waals surface area (Å²) in [5.74, 6) is 1.11. The number of fused-ring (bicyclic) bond motifs is 1. The van der Waals surface area contributed by atoms with Gasteiger partial charge in [0.2, 0.25) is 0 Å². The van der Waals surface area contributed by atoms with Gasteiger partial charge >= 0.3 is 0 Å². The monoisotopic (exact) mass is 271 g/mol. The molecule has 1 unspecified atom stereocenters. The number of nitrogens with zero attached hydrogens (tertiary/aromatic N) is 2. The standard InChI is InChI=1S/C15H17N3S/c1-11(7-8-19-2)18-15-12(9-16)10-17-14-6-4-3-5-13(14)15/h3-6,10-11H,7-8H2,1-2H3,(H,17,18). The number of rotatable bonds is 5. The highest BCUT2D eigenvalue weighted by Gasteiger charge is 2.10. The molecule has 0 fully saturated rings. The molecule has 4 heteroatoms. The molecule has 1 aromatic heterocycles. The second-order valence-corrected chi connectivity index (χ2v) is 5.49. The van der Waals surface area contributed by atoms with Gasteiger partial charge in [0.15, 0.2) is 0 Å². The number of pyridine rings is 1. The molecule has 98 valence electrons. The number of anilines is 1. The number of thioether (sulfide) groups is 1. The first-order chi connectivity index (χ1) is 9.26. The molecule has 1 N–H and O–H groups in total. The van der Waals surface area contributed by atoms with Gasteiger partial charge in [0.25, 0.3) is 0 Å². The Labute approximate surface area is 118 Å². The molecule has 0 bridgehead atoms. The fourth-order valence-electron chi connectivity index (χ4n) is 1.99. The first-order valence-corrected chi connectivity index (χ1v) is 7.69. The predicted molar refractivity (Wildman–Crippen MR) is 82.5 cm³/mol. The lowest BCUT2D eigenvalue weighted by molar-refractivity contribution is 0.772.